The molecule has 0 spiro atoms. The highest BCUT2D eigenvalue weighted by molar-refractivity contribution is 6.20. The third kappa shape index (κ3) is 3.29. The van der Waals surface area contributed by atoms with Crippen molar-refractivity contribution < 1.29 is 9.46 Å². The Morgan fingerprint density at radius 2 is 0.833 bits per heavy atom. The number of aryl methyl sites for hydroxylation is 2. The average molecular weight is 543 g/mol. The number of fused-ring (bicyclic) bond motifs is 5. The maximum absolute atomic E-state index is 13.7. The van der Waals surface area contributed by atoms with Gasteiger partial charge >= 0.3 is 0 Å². The molecule has 4 heteroatoms. The summed E-state index contributed by atoms with van der Waals surface area (Å²) >= 11 is 0. The summed E-state index contributed by atoms with van der Waals surface area (Å²) < 4.78 is 2.15. The molecular formula is C38H26N2O2. The zero-order valence-corrected chi connectivity index (χ0v) is 23.3. The standard InChI is InChI=1S/C38H26N2O2/c1-23-11-7-19-30-35(26-15-3-5-21-32(26)39(41)37(23)30)28-17-9-13-25-14-10-18-29(34(25)28)36-27-16-4-6-22-33(27)40(42)38-24(2)12-8-20-31(36)38/h3-22H,1-2H3. The second-order valence-corrected chi connectivity index (χ2v) is 11.0. The molecular weight excluding hydrogens is 516 g/mol. The summed E-state index contributed by atoms with van der Waals surface area (Å²) in [7, 11) is 0. The van der Waals surface area contributed by atoms with Gasteiger partial charge in [0.15, 0.2) is 0 Å². The molecule has 0 N–H and O–H groups in total. The molecule has 6 aromatic carbocycles. The first-order valence-corrected chi connectivity index (χ1v) is 14.1. The normalized spacial score (nSPS) is 11.8. The summed E-state index contributed by atoms with van der Waals surface area (Å²) in [5.41, 5.74) is 8.70. The van der Waals surface area contributed by atoms with Gasteiger partial charge in [-0.15, -0.1) is 0 Å². The molecule has 0 unspecified atom stereocenters. The van der Waals surface area contributed by atoms with E-state index in [-0.39, 0.29) is 0 Å². The number of para-hydroxylation sites is 4. The van der Waals surface area contributed by atoms with Crippen molar-refractivity contribution in [3.63, 3.8) is 0 Å². The summed E-state index contributed by atoms with van der Waals surface area (Å²) in [6.07, 6.45) is 0. The van der Waals surface area contributed by atoms with Crippen molar-refractivity contribution >= 4 is 54.4 Å². The zero-order chi connectivity index (χ0) is 28.5. The van der Waals surface area contributed by atoms with Gasteiger partial charge in [0.05, 0.1) is 21.5 Å². The first-order valence-electron chi connectivity index (χ1n) is 14.1. The molecule has 2 aromatic heterocycles. The zero-order valence-electron chi connectivity index (χ0n) is 23.3. The lowest BCUT2D eigenvalue weighted by atomic mass is 9.86. The number of aromatic nitrogens is 2. The molecule has 0 atom stereocenters. The van der Waals surface area contributed by atoms with Crippen LogP contribution in [0.3, 0.4) is 0 Å². The molecule has 0 radical (unpaired) electrons. The number of rotatable bonds is 2. The van der Waals surface area contributed by atoms with Crippen LogP contribution >= 0.6 is 0 Å². The number of benzene rings is 6. The van der Waals surface area contributed by atoms with Crippen LogP contribution in [0.25, 0.3) is 76.6 Å². The molecule has 0 fully saturated rings. The molecule has 0 bridgehead atoms. The molecule has 42 heavy (non-hydrogen) atoms. The summed E-state index contributed by atoms with van der Waals surface area (Å²) in [6.45, 7) is 3.99. The van der Waals surface area contributed by atoms with Crippen molar-refractivity contribution in [2.24, 2.45) is 0 Å². The van der Waals surface area contributed by atoms with Gasteiger partial charge in [-0.3, -0.25) is 0 Å². The van der Waals surface area contributed by atoms with Crippen molar-refractivity contribution in [1.82, 2.24) is 0 Å². The van der Waals surface area contributed by atoms with E-state index in [1.807, 2.05) is 86.6 Å². The Kier molecular flexibility index (Phi) is 5.22. The summed E-state index contributed by atoms with van der Waals surface area (Å²) in [4.78, 5) is 0. The Balaban J connectivity index is 1.61. The molecule has 0 aliphatic heterocycles. The van der Waals surface area contributed by atoms with Crippen LogP contribution in [0.1, 0.15) is 11.1 Å². The fourth-order valence-electron chi connectivity index (χ4n) is 6.85. The lowest BCUT2D eigenvalue weighted by Crippen LogP contribution is -2.29. The van der Waals surface area contributed by atoms with Crippen molar-refractivity contribution in [3.05, 3.63) is 143 Å². The Hall–Kier alpha value is -5.48. The van der Waals surface area contributed by atoms with Gasteiger partial charge in [-0.1, -0.05) is 84.9 Å². The van der Waals surface area contributed by atoms with Crippen LogP contribution < -0.4 is 9.46 Å². The van der Waals surface area contributed by atoms with E-state index in [4.69, 9.17) is 0 Å². The molecule has 200 valence electrons. The van der Waals surface area contributed by atoms with Crippen molar-refractivity contribution in [2.45, 2.75) is 13.8 Å². The van der Waals surface area contributed by atoms with Gasteiger partial charge in [-0.05, 0) is 60.0 Å². The number of hydrogen-bond acceptors (Lipinski definition) is 2. The molecule has 4 nitrogen and oxygen atoms in total. The number of pyridine rings is 2. The predicted molar refractivity (Wildman–Crippen MR) is 172 cm³/mol. The fourth-order valence-corrected chi connectivity index (χ4v) is 6.85. The Morgan fingerprint density at radius 3 is 1.31 bits per heavy atom. The lowest BCUT2D eigenvalue weighted by molar-refractivity contribution is -0.548. The van der Waals surface area contributed by atoms with Gasteiger partial charge in [0, 0.05) is 34.4 Å². The average Bonchev–Trinajstić information content (AvgIpc) is 3.01. The van der Waals surface area contributed by atoms with Crippen LogP contribution in [-0.4, -0.2) is 0 Å². The number of hydrogen-bond donors (Lipinski definition) is 0. The van der Waals surface area contributed by atoms with Crippen LogP contribution in [-0.2, 0) is 0 Å². The highest BCUT2D eigenvalue weighted by Crippen LogP contribution is 2.45. The van der Waals surface area contributed by atoms with Gasteiger partial charge < -0.3 is 10.4 Å². The van der Waals surface area contributed by atoms with Crippen molar-refractivity contribution in [2.75, 3.05) is 0 Å². The highest BCUT2D eigenvalue weighted by Gasteiger charge is 2.25. The van der Waals surface area contributed by atoms with E-state index < -0.39 is 0 Å². The van der Waals surface area contributed by atoms with Gasteiger partial charge in [0.25, 0.3) is 0 Å². The Morgan fingerprint density at radius 1 is 0.429 bits per heavy atom. The second-order valence-electron chi connectivity index (χ2n) is 11.0. The largest absolute Gasteiger partial charge is 0.618 e. The minimum atomic E-state index is 0.641. The van der Waals surface area contributed by atoms with Crippen molar-refractivity contribution in [1.29, 1.82) is 0 Å². The first-order chi connectivity index (χ1) is 20.5. The predicted octanol–water partition coefficient (Wildman–Crippen LogP) is 8.67. The molecule has 8 aromatic rings. The number of nitrogens with zero attached hydrogens (tertiary/aromatic N) is 2. The Bertz CT molecular complexity index is 2240. The third-order valence-corrected chi connectivity index (χ3v) is 8.65. The van der Waals surface area contributed by atoms with E-state index in [9.17, 15) is 10.4 Å². The van der Waals surface area contributed by atoms with E-state index in [2.05, 4.69) is 48.5 Å². The lowest BCUT2D eigenvalue weighted by Gasteiger charge is -2.19. The quantitative estimate of drug-likeness (QED) is 0.125. The van der Waals surface area contributed by atoms with Gasteiger partial charge in [0.2, 0.25) is 22.1 Å². The molecule has 0 saturated carbocycles. The van der Waals surface area contributed by atoms with Gasteiger partial charge in [-0.25, -0.2) is 0 Å². The monoisotopic (exact) mass is 542 g/mol. The smallest absolute Gasteiger partial charge is 0.227 e. The maximum Gasteiger partial charge on any atom is 0.227 e. The molecule has 0 saturated heterocycles. The van der Waals surface area contributed by atoms with Crippen LogP contribution in [0, 0.1) is 24.3 Å². The summed E-state index contributed by atoms with van der Waals surface area (Å²) in [5.74, 6) is 0. The van der Waals surface area contributed by atoms with Crippen molar-refractivity contribution in [3.8, 4) is 22.3 Å². The summed E-state index contributed by atoms with van der Waals surface area (Å²) in [5, 5.41) is 33.2. The van der Waals surface area contributed by atoms with E-state index in [1.54, 1.807) is 0 Å². The second kappa shape index (κ2) is 9.02. The van der Waals surface area contributed by atoms with Gasteiger partial charge in [0.1, 0.15) is 0 Å². The fraction of sp³-hybridized carbons (Fsp3) is 0.0526. The topological polar surface area (TPSA) is 53.9 Å². The van der Waals surface area contributed by atoms with Crippen LogP contribution in [0.5, 0.6) is 0 Å². The molecule has 0 aliphatic carbocycles. The van der Waals surface area contributed by atoms with Crippen LogP contribution in [0.2, 0.25) is 0 Å². The highest BCUT2D eigenvalue weighted by atomic mass is 16.5. The Labute approximate surface area is 242 Å². The maximum atomic E-state index is 13.7. The molecule has 0 amide bonds. The first kappa shape index (κ1) is 24.3. The van der Waals surface area contributed by atoms with E-state index in [1.165, 1.54) is 0 Å². The van der Waals surface area contributed by atoms with Crippen LogP contribution in [0.15, 0.2) is 121 Å². The molecule has 0 aliphatic rings. The van der Waals surface area contributed by atoms with E-state index >= 15 is 0 Å². The molecule has 2 heterocycles. The minimum Gasteiger partial charge on any atom is -0.618 e. The van der Waals surface area contributed by atoms with Gasteiger partial charge in [-0.2, -0.15) is 9.46 Å². The summed E-state index contributed by atoms with van der Waals surface area (Å²) in [6, 6.07) is 40.6. The van der Waals surface area contributed by atoms with Crippen LogP contribution in [0.4, 0.5) is 0 Å². The molecule has 8 rings (SSSR count). The van der Waals surface area contributed by atoms with E-state index in [0.29, 0.717) is 22.1 Å². The third-order valence-electron chi connectivity index (χ3n) is 8.65. The minimum absolute atomic E-state index is 0.641. The van der Waals surface area contributed by atoms with E-state index in [0.717, 1.165) is 75.2 Å². The SMILES string of the molecule is Cc1cccc2c(-c3cccc4cccc(-c5c6ccccc6[n+]([O-])c6c(C)cccc56)c34)c3ccccc3[n+]([O-])c12.